The molecule has 0 atom stereocenters. The topological polar surface area (TPSA) is 12.0 Å². The van der Waals surface area contributed by atoms with Crippen molar-refractivity contribution in [3.05, 3.63) is 63.6 Å². The van der Waals surface area contributed by atoms with E-state index in [0.29, 0.717) is 11.0 Å². The Hall–Kier alpha value is -1.42. The van der Waals surface area contributed by atoms with Crippen LogP contribution in [0.4, 0.5) is 14.5 Å². The smallest absolute Gasteiger partial charge is 0.137 e. The fourth-order valence-corrected chi connectivity index (χ4v) is 2.06. The Kier molecular flexibility index (Phi) is 3.97. The second-order valence-electron chi connectivity index (χ2n) is 4.06. The fraction of sp³-hybridized carbons (Fsp3) is 0.143. The predicted octanol–water partition coefficient (Wildman–Crippen LogP) is 4.65. The van der Waals surface area contributed by atoms with Gasteiger partial charge in [0.15, 0.2) is 0 Å². The first kappa shape index (κ1) is 13.0. The molecule has 0 aliphatic heterocycles. The van der Waals surface area contributed by atoms with Crippen LogP contribution in [0.5, 0.6) is 0 Å². The summed E-state index contributed by atoms with van der Waals surface area (Å²) in [5.74, 6) is -0.566. The average molecular weight is 312 g/mol. The molecule has 0 aromatic heterocycles. The molecule has 18 heavy (non-hydrogen) atoms. The van der Waals surface area contributed by atoms with Gasteiger partial charge in [0.05, 0.1) is 4.47 Å². The molecule has 0 spiro atoms. The normalized spacial score (nSPS) is 10.4. The van der Waals surface area contributed by atoms with Crippen LogP contribution in [0.1, 0.15) is 11.1 Å². The maximum Gasteiger partial charge on any atom is 0.137 e. The van der Waals surface area contributed by atoms with E-state index in [4.69, 9.17) is 0 Å². The van der Waals surface area contributed by atoms with Crippen molar-refractivity contribution in [2.45, 2.75) is 13.5 Å². The van der Waals surface area contributed by atoms with Crippen molar-refractivity contribution in [3.63, 3.8) is 0 Å². The van der Waals surface area contributed by atoms with Crippen molar-refractivity contribution < 1.29 is 8.78 Å². The molecule has 0 fully saturated rings. The SMILES string of the molecule is Cc1ccc(F)cc1NCc1ccc(F)c(Br)c1. The van der Waals surface area contributed by atoms with Gasteiger partial charge in [-0.3, -0.25) is 0 Å². The molecule has 4 heteroatoms. The van der Waals surface area contributed by atoms with Crippen LogP contribution in [0.2, 0.25) is 0 Å². The molecule has 0 radical (unpaired) electrons. The number of rotatable bonds is 3. The summed E-state index contributed by atoms with van der Waals surface area (Å²) in [5.41, 5.74) is 2.64. The van der Waals surface area contributed by atoms with Crippen LogP contribution in [0.25, 0.3) is 0 Å². The Morgan fingerprint density at radius 3 is 2.61 bits per heavy atom. The predicted molar refractivity (Wildman–Crippen MR) is 72.6 cm³/mol. The molecule has 2 aromatic rings. The van der Waals surface area contributed by atoms with Crippen LogP contribution in [0.3, 0.4) is 0 Å². The Morgan fingerprint density at radius 2 is 1.89 bits per heavy atom. The Balaban J connectivity index is 2.11. The minimum Gasteiger partial charge on any atom is -0.381 e. The van der Waals surface area contributed by atoms with Crippen molar-refractivity contribution >= 4 is 21.6 Å². The number of benzene rings is 2. The summed E-state index contributed by atoms with van der Waals surface area (Å²) in [6.07, 6.45) is 0. The van der Waals surface area contributed by atoms with E-state index in [1.54, 1.807) is 18.2 Å². The number of aryl methyl sites for hydroxylation is 1. The van der Waals surface area contributed by atoms with E-state index in [9.17, 15) is 8.78 Å². The first-order valence-electron chi connectivity index (χ1n) is 5.50. The van der Waals surface area contributed by atoms with Crippen molar-refractivity contribution in [1.82, 2.24) is 0 Å². The van der Waals surface area contributed by atoms with Gasteiger partial charge in [-0.1, -0.05) is 12.1 Å². The summed E-state index contributed by atoms with van der Waals surface area (Å²) in [7, 11) is 0. The molecule has 0 aliphatic carbocycles. The monoisotopic (exact) mass is 311 g/mol. The highest BCUT2D eigenvalue weighted by Gasteiger charge is 2.03. The van der Waals surface area contributed by atoms with Gasteiger partial charge < -0.3 is 5.32 Å². The van der Waals surface area contributed by atoms with Crippen molar-refractivity contribution in [2.24, 2.45) is 0 Å². The second kappa shape index (κ2) is 5.48. The summed E-state index contributed by atoms with van der Waals surface area (Å²) in [6, 6.07) is 9.40. The largest absolute Gasteiger partial charge is 0.381 e. The van der Waals surface area contributed by atoms with Gasteiger partial charge in [0, 0.05) is 12.2 Å². The Labute approximate surface area is 113 Å². The van der Waals surface area contributed by atoms with E-state index in [1.165, 1.54) is 18.2 Å². The third kappa shape index (κ3) is 3.07. The van der Waals surface area contributed by atoms with E-state index < -0.39 is 0 Å². The molecular formula is C14H12BrF2N. The summed E-state index contributed by atoms with van der Waals surface area (Å²) < 4.78 is 26.6. The maximum absolute atomic E-state index is 13.1. The van der Waals surface area contributed by atoms with Gasteiger partial charge in [-0.05, 0) is 58.2 Å². The highest BCUT2D eigenvalue weighted by molar-refractivity contribution is 9.10. The molecule has 0 aliphatic rings. The quantitative estimate of drug-likeness (QED) is 0.870. The molecule has 0 saturated carbocycles. The van der Waals surface area contributed by atoms with Gasteiger partial charge >= 0.3 is 0 Å². The van der Waals surface area contributed by atoms with Gasteiger partial charge in [-0.15, -0.1) is 0 Å². The first-order valence-corrected chi connectivity index (χ1v) is 6.29. The van der Waals surface area contributed by atoms with E-state index in [1.807, 2.05) is 6.92 Å². The van der Waals surface area contributed by atoms with Crippen LogP contribution in [0, 0.1) is 18.6 Å². The van der Waals surface area contributed by atoms with Gasteiger partial charge in [0.2, 0.25) is 0 Å². The summed E-state index contributed by atoms with van der Waals surface area (Å²) in [5, 5.41) is 3.13. The third-order valence-corrected chi connectivity index (χ3v) is 3.27. The molecule has 0 saturated heterocycles. The fourth-order valence-electron chi connectivity index (χ4n) is 1.63. The van der Waals surface area contributed by atoms with Gasteiger partial charge in [0.1, 0.15) is 11.6 Å². The zero-order valence-corrected chi connectivity index (χ0v) is 11.4. The van der Waals surface area contributed by atoms with E-state index in [-0.39, 0.29) is 11.6 Å². The molecule has 2 rings (SSSR count). The van der Waals surface area contributed by atoms with Crippen molar-refractivity contribution in [1.29, 1.82) is 0 Å². The minimum absolute atomic E-state index is 0.275. The zero-order chi connectivity index (χ0) is 13.1. The molecule has 1 N–H and O–H groups in total. The molecule has 1 nitrogen and oxygen atoms in total. The van der Waals surface area contributed by atoms with Crippen molar-refractivity contribution in [2.75, 3.05) is 5.32 Å². The van der Waals surface area contributed by atoms with E-state index in [0.717, 1.165) is 16.8 Å². The second-order valence-corrected chi connectivity index (χ2v) is 4.92. The molecule has 2 aromatic carbocycles. The summed E-state index contributed by atoms with van der Waals surface area (Å²) in [4.78, 5) is 0. The Morgan fingerprint density at radius 1 is 1.11 bits per heavy atom. The third-order valence-electron chi connectivity index (χ3n) is 2.67. The molecule has 0 amide bonds. The van der Waals surface area contributed by atoms with Crippen LogP contribution in [-0.4, -0.2) is 0 Å². The number of hydrogen-bond donors (Lipinski definition) is 1. The molecule has 0 unspecified atom stereocenters. The number of nitrogens with one attached hydrogen (secondary N) is 1. The Bertz CT molecular complexity index is 570. The molecule has 0 heterocycles. The molecular weight excluding hydrogens is 300 g/mol. The number of hydrogen-bond acceptors (Lipinski definition) is 1. The first-order chi connectivity index (χ1) is 8.56. The van der Waals surface area contributed by atoms with Crippen LogP contribution < -0.4 is 5.32 Å². The molecule has 94 valence electrons. The zero-order valence-electron chi connectivity index (χ0n) is 9.81. The molecule has 0 bridgehead atoms. The van der Waals surface area contributed by atoms with Crippen LogP contribution in [0.15, 0.2) is 40.9 Å². The number of anilines is 1. The number of halogens is 3. The average Bonchev–Trinajstić information content (AvgIpc) is 2.34. The van der Waals surface area contributed by atoms with Gasteiger partial charge in [-0.2, -0.15) is 0 Å². The summed E-state index contributed by atoms with van der Waals surface area (Å²) in [6.45, 7) is 2.42. The van der Waals surface area contributed by atoms with Gasteiger partial charge in [0.25, 0.3) is 0 Å². The van der Waals surface area contributed by atoms with E-state index in [2.05, 4.69) is 21.2 Å². The van der Waals surface area contributed by atoms with E-state index >= 15 is 0 Å². The van der Waals surface area contributed by atoms with Gasteiger partial charge in [-0.25, -0.2) is 8.78 Å². The lowest BCUT2D eigenvalue weighted by Crippen LogP contribution is -2.01. The lowest BCUT2D eigenvalue weighted by molar-refractivity contribution is 0.620. The minimum atomic E-state index is -0.291. The lowest BCUT2D eigenvalue weighted by atomic mass is 10.1. The highest BCUT2D eigenvalue weighted by atomic mass is 79.9. The van der Waals surface area contributed by atoms with Crippen LogP contribution >= 0.6 is 15.9 Å². The summed E-state index contributed by atoms with van der Waals surface area (Å²) >= 11 is 3.14. The maximum atomic E-state index is 13.1. The van der Waals surface area contributed by atoms with Crippen LogP contribution in [-0.2, 0) is 6.54 Å². The highest BCUT2D eigenvalue weighted by Crippen LogP contribution is 2.20. The standard InChI is InChI=1S/C14H12BrF2N/c1-9-2-4-11(16)7-14(9)18-8-10-3-5-13(17)12(15)6-10/h2-7,18H,8H2,1H3. The van der Waals surface area contributed by atoms with Crippen molar-refractivity contribution in [3.8, 4) is 0 Å². The lowest BCUT2D eigenvalue weighted by Gasteiger charge is -2.10.